The Kier molecular flexibility index (Phi) is 5.81. The van der Waals surface area contributed by atoms with E-state index in [0.717, 1.165) is 12.8 Å². The maximum absolute atomic E-state index is 5.51. The van der Waals surface area contributed by atoms with E-state index in [0.29, 0.717) is 0 Å². The zero-order chi connectivity index (χ0) is 7.11. The van der Waals surface area contributed by atoms with E-state index in [2.05, 4.69) is 23.5 Å². The molecular weight excluding hydrogens is 136 g/mol. The van der Waals surface area contributed by atoms with E-state index in [9.17, 15) is 0 Å². The highest BCUT2D eigenvalue weighted by Crippen LogP contribution is 1.92. The summed E-state index contributed by atoms with van der Waals surface area (Å²) >= 11 is 5.51. The molecule has 0 radical (unpaired) electrons. The monoisotopic (exact) mass is 146 g/mol. The number of hydrogen-bond donors (Lipinski definition) is 0. The van der Waals surface area contributed by atoms with Crippen molar-refractivity contribution < 1.29 is 4.74 Å². The molecule has 0 rings (SSSR count). The fourth-order valence-electron chi connectivity index (χ4n) is 0.336. The van der Waals surface area contributed by atoms with E-state index in [1.165, 1.54) is 7.11 Å². The van der Waals surface area contributed by atoms with Gasteiger partial charge >= 0.3 is 0 Å². The van der Waals surface area contributed by atoms with Crippen LogP contribution in [0.15, 0.2) is 0 Å². The summed E-state index contributed by atoms with van der Waals surface area (Å²) < 4.78 is 4.69. The van der Waals surface area contributed by atoms with Gasteiger partial charge in [0.2, 0.25) is 0 Å². The van der Waals surface area contributed by atoms with Crippen molar-refractivity contribution in [1.29, 1.82) is 0 Å². The van der Waals surface area contributed by atoms with Crippen LogP contribution in [0, 0.1) is 11.8 Å². The molecule has 0 bridgehead atoms. The third kappa shape index (κ3) is 5.68. The molecule has 52 valence electrons. The van der Waals surface area contributed by atoms with Crippen molar-refractivity contribution in [1.82, 2.24) is 0 Å². The Labute approximate surface area is 61.3 Å². The highest BCUT2D eigenvalue weighted by Gasteiger charge is 1.89. The number of methoxy groups -OCH3 is 1. The number of unbranched alkanes of at least 4 members (excludes halogenated alkanes) is 1. The van der Waals surface area contributed by atoms with Gasteiger partial charge in [0.25, 0.3) is 0 Å². The van der Waals surface area contributed by atoms with Gasteiger partial charge in [-0.2, -0.15) is 0 Å². The lowest BCUT2D eigenvalue weighted by Crippen LogP contribution is -1.94. The zero-order valence-electron chi connectivity index (χ0n) is 5.78. The number of rotatable bonds is 2. The third-order valence-electron chi connectivity index (χ3n) is 0.797. The molecule has 2 heteroatoms. The molecule has 0 aliphatic carbocycles. The minimum absolute atomic E-state index is 0.434. The Bertz CT molecular complexity index is 112. The summed E-state index contributed by atoms with van der Waals surface area (Å²) in [6.07, 6.45) is 1.97. The minimum Gasteiger partial charge on any atom is -0.355 e. The molecule has 0 N–H and O–H groups in total. The molecule has 0 saturated heterocycles. The highest BCUT2D eigenvalue weighted by atomic mass is 35.5. The maximum atomic E-state index is 5.51. The standard InChI is InChI=1S/C7H11ClO/c1-3-4-5-6-7(8)9-2/h7H,3-4H2,1-2H3. The van der Waals surface area contributed by atoms with Crippen LogP contribution >= 0.6 is 11.6 Å². The van der Waals surface area contributed by atoms with E-state index in [1.807, 2.05) is 0 Å². The van der Waals surface area contributed by atoms with Crippen molar-refractivity contribution in [3.05, 3.63) is 0 Å². The summed E-state index contributed by atoms with van der Waals surface area (Å²) in [4.78, 5) is 0. The molecule has 0 aromatic carbocycles. The van der Waals surface area contributed by atoms with Crippen LogP contribution in [0.2, 0.25) is 0 Å². The molecule has 0 aliphatic heterocycles. The number of alkyl halides is 1. The lowest BCUT2D eigenvalue weighted by molar-refractivity contribution is 0.208. The first-order valence-electron chi connectivity index (χ1n) is 2.96. The smallest absolute Gasteiger partial charge is 0.192 e. The molecule has 0 amide bonds. The Balaban J connectivity index is 3.33. The molecule has 9 heavy (non-hydrogen) atoms. The fraction of sp³-hybridized carbons (Fsp3) is 0.714. The first kappa shape index (κ1) is 8.81. The van der Waals surface area contributed by atoms with E-state index in [-0.39, 0.29) is 0 Å². The van der Waals surface area contributed by atoms with Crippen LogP contribution < -0.4 is 0 Å². The lowest BCUT2D eigenvalue weighted by atomic mass is 10.3. The van der Waals surface area contributed by atoms with E-state index in [1.54, 1.807) is 0 Å². The molecule has 0 spiro atoms. The van der Waals surface area contributed by atoms with Gasteiger partial charge in [-0.3, -0.25) is 0 Å². The predicted octanol–water partition coefficient (Wildman–Crippen LogP) is 2.00. The van der Waals surface area contributed by atoms with Crippen LogP contribution in [0.1, 0.15) is 19.8 Å². The topological polar surface area (TPSA) is 9.23 Å². The van der Waals surface area contributed by atoms with Crippen molar-refractivity contribution >= 4 is 11.6 Å². The van der Waals surface area contributed by atoms with Gasteiger partial charge in [0.05, 0.1) is 0 Å². The second kappa shape index (κ2) is 5.94. The Hall–Kier alpha value is -0.190. The summed E-state index contributed by atoms with van der Waals surface area (Å²) in [6.45, 7) is 2.07. The summed E-state index contributed by atoms with van der Waals surface area (Å²) in [6, 6.07) is 0. The Morgan fingerprint density at radius 1 is 1.67 bits per heavy atom. The minimum atomic E-state index is -0.434. The molecular formula is C7H11ClO. The van der Waals surface area contributed by atoms with Crippen molar-refractivity contribution in [3.8, 4) is 11.8 Å². The van der Waals surface area contributed by atoms with Gasteiger partial charge in [-0.05, 0) is 6.42 Å². The molecule has 0 aromatic rings. The van der Waals surface area contributed by atoms with Crippen molar-refractivity contribution in [2.45, 2.75) is 25.3 Å². The zero-order valence-corrected chi connectivity index (χ0v) is 6.53. The highest BCUT2D eigenvalue weighted by molar-refractivity contribution is 6.21. The van der Waals surface area contributed by atoms with Gasteiger partial charge in [-0.1, -0.05) is 30.4 Å². The summed E-state index contributed by atoms with van der Waals surface area (Å²) in [5.74, 6) is 5.61. The molecule has 0 saturated carbocycles. The van der Waals surface area contributed by atoms with Crippen LogP contribution in [-0.2, 0) is 4.74 Å². The van der Waals surface area contributed by atoms with Crippen LogP contribution in [0.25, 0.3) is 0 Å². The average molecular weight is 147 g/mol. The molecule has 1 nitrogen and oxygen atoms in total. The maximum Gasteiger partial charge on any atom is 0.192 e. The van der Waals surface area contributed by atoms with Gasteiger partial charge in [0.1, 0.15) is 0 Å². The predicted molar refractivity (Wildman–Crippen MR) is 39.3 cm³/mol. The van der Waals surface area contributed by atoms with Crippen LogP contribution in [-0.4, -0.2) is 12.7 Å². The second-order valence-corrected chi connectivity index (χ2v) is 2.02. The van der Waals surface area contributed by atoms with Gasteiger partial charge in [0.15, 0.2) is 5.56 Å². The molecule has 1 unspecified atom stereocenters. The molecule has 0 fully saturated rings. The molecule has 0 aromatic heterocycles. The summed E-state index contributed by atoms with van der Waals surface area (Å²) in [7, 11) is 1.54. The van der Waals surface area contributed by atoms with Gasteiger partial charge in [-0.25, -0.2) is 0 Å². The van der Waals surface area contributed by atoms with Crippen molar-refractivity contribution in [2.24, 2.45) is 0 Å². The van der Waals surface area contributed by atoms with Gasteiger partial charge in [0, 0.05) is 13.5 Å². The largest absolute Gasteiger partial charge is 0.355 e. The van der Waals surface area contributed by atoms with E-state index < -0.39 is 5.56 Å². The van der Waals surface area contributed by atoms with Gasteiger partial charge < -0.3 is 4.74 Å². The fourth-order valence-corrected chi connectivity index (χ4v) is 0.413. The number of halogens is 1. The van der Waals surface area contributed by atoms with Crippen LogP contribution in [0.3, 0.4) is 0 Å². The SMILES string of the molecule is CCCC#CC(Cl)OC. The van der Waals surface area contributed by atoms with Gasteiger partial charge in [-0.15, -0.1) is 0 Å². The van der Waals surface area contributed by atoms with Crippen molar-refractivity contribution in [3.63, 3.8) is 0 Å². The molecule has 1 atom stereocenters. The number of ether oxygens (including phenoxy) is 1. The van der Waals surface area contributed by atoms with E-state index in [4.69, 9.17) is 11.6 Å². The Morgan fingerprint density at radius 3 is 2.78 bits per heavy atom. The summed E-state index contributed by atoms with van der Waals surface area (Å²) in [5, 5.41) is 0. The summed E-state index contributed by atoms with van der Waals surface area (Å²) in [5.41, 5.74) is -0.434. The third-order valence-corrected chi connectivity index (χ3v) is 1.08. The van der Waals surface area contributed by atoms with E-state index >= 15 is 0 Å². The van der Waals surface area contributed by atoms with Crippen LogP contribution in [0.4, 0.5) is 0 Å². The van der Waals surface area contributed by atoms with Crippen molar-refractivity contribution in [2.75, 3.05) is 7.11 Å². The van der Waals surface area contributed by atoms with Crippen LogP contribution in [0.5, 0.6) is 0 Å². The first-order valence-corrected chi connectivity index (χ1v) is 3.40. The quantitative estimate of drug-likeness (QED) is 0.428. The second-order valence-electron chi connectivity index (χ2n) is 1.62. The normalized spacial score (nSPS) is 11.9. The lowest BCUT2D eigenvalue weighted by Gasteiger charge is -1.93. The molecule has 0 aliphatic rings. The number of hydrogen-bond acceptors (Lipinski definition) is 1. The molecule has 0 heterocycles. The average Bonchev–Trinajstić information content (AvgIpc) is 1.89. The Morgan fingerprint density at radius 2 is 2.33 bits per heavy atom. The first-order chi connectivity index (χ1) is 4.31.